The molecule has 114 valence electrons. The second-order valence-corrected chi connectivity index (χ2v) is 6.13. The summed E-state index contributed by atoms with van der Waals surface area (Å²) in [6, 6.07) is 10.2. The minimum atomic E-state index is -0.0344. The molecule has 1 aromatic rings. The molecule has 4 nitrogen and oxygen atoms in total. The van der Waals surface area contributed by atoms with Crippen LogP contribution in [0.1, 0.15) is 38.7 Å². The summed E-state index contributed by atoms with van der Waals surface area (Å²) in [6.07, 6.45) is 0.881. The Labute approximate surface area is 126 Å². The van der Waals surface area contributed by atoms with Crippen LogP contribution in [-0.2, 0) is 9.59 Å². The SMILES string of the molecule is CC(=O)N1CC(NC(=O)C(C)C)CC(c2ccccc2)C1. The number of carbonyl (C=O) groups is 2. The van der Waals surface area contributed by atoms with Gasteiger partial charge < -0.3 is 10.2 Å². The molecule has 21 heavy (non-hydrogen) atoms. The van der Waals surface area contributed by atoms with Gasteiger partial charge in [-0.3, -0.25) is 9.59 Å². The van der Waals surface area contributed by atoms with E-state index < -0.39 is 0 Å². The van der Waals surface area contributed by atoms with Crippen molar-refractivity contribution in [2.24, 2.45) is 5.92 Å². The summed E-state index contributed by atoms with van der Waals surface area (Å²) in [5.41, 5.74) is 1.23. The molecular weight excluding hydrogens is 264 g/mol. The first-order valence-electron chi connectivity index (χ1n) is 7.58. The zero-order valence-corrected chi connectivity index (χ0v) is 13.0. The van der Waals surface area contributed by atoms with E-state index in [1.54, 1.807) is 6.92 Å². The van der Waals surface area contributed by atoms with E-state index in [1.807, 2.05) is 36.9 Å². The number of hydrogen-bond donors (Lipinski definition) is 1. The predicted octanol–water partition coefficient (Wildman–Crippen LogP) is 2.16. The summed E-state index contributed by atoms with van der Waals surface area (Å²) >= 11 is 0. The van der Waals surface area contributed by atoms with Crippen molar-refractivity contribution < 1.29 is 9.59 Å². The number of benzene rings is 1. The molecule has 1 aliphatic rings. The number of piperidine rings is 1. The molecule has 2 amide bonds. The molecule has 0 aromatic heterocycles. The topological polar surface area (TPSA) is 49.4 Å². The number of likely N-dealkylation sites (tertiary alicyclic amines) is 1. The van der Waals surface area contributed by atoms with E-state index in [1.165, 1.54) is 5.56 Å². The molecule has 0 bridgehead atoms. The third-order valence-corrected chi connectivity index (χ3v) is 4.04. The van der Waals surface area contributed by atoms with Gasteiger partial charge in [-0.15, -0.1) is 0 Å². The fourth-order valence-electron chi connectivity index (χ4n) is 2.80. The van der Waals surface area contributed by atoms with Crippen LogP contribution < -0.4 is 5.32 Å². The number of nitrogens with zero attached hydrogens (tertiary/aromatic N) is 1. The lowest BCUT2D eigenvalue weighted by Gasteiger charge is -2.38. The van der Waals surface area contributed by atoms with Crippen molar-refractivity contribution in [3.8, 4) is 0 Å². The molecule has 2 rings (SSSR count). The van der Waals surface area contributed by atoms with Gasteiger partial charge in [0.15, 0.2) is 0 Å². The summed E-state index contributed by atoms with van der Waals surface area (Å²) in [5, 5.41) is 3.07. The number of nitrogens with one attached hydrogen (secondary N) is 1. The van der Waals surface area contributed by atoms with Gasteiger partial charge in [0.05, 0.1) is 0 Å². The van der Waals surface area contributed by atoms with Gasteiger partial charge in [-0.2, -0.15) is 0 Å². The molecule has 0 aliphatic carbocycles. The maximum absolute atomic E-state index is 11.9. The summed E-state index contributed by atoms with van der Waals surface area (Å²) < 4.78 is 0. The van der Waals surface area contributed by atoms with Gasteiger partial charge in [0.25, 0.3) is 0 Å². The first-order valence-corrected chi connectivity index (χ1v) is 7.58. The Bertz CT molecular complexity index is 499. The van der Waals surface area contributed by atoms with Gasteiger partial charge in [-0.05, 0) is 12.0 Å². The molecule has 0 spiro atoms. The third kappa shape index (κ3) is 4.06. The van der Waals surface area contributed by atoms with Gasteiger partial charge in [-0.25, -0.2) is 0 Å². The minimum absolute atomic E-state index is 0.0303. The first kappa shape index (κ1) is 15.5. The second kappa shape index (κ2) is 6.74. The molecule has 0 saturated carbocycles. The van der Waals surface area contributed by atoms with E-state index in [2.05, 4.69) is 17.4 Å². The highest BCUT2D eigenvalue weighted by molar-refractivity contribution is 5.78. The van der Waals surface area contributed by atoms with E-state index in [4.69, 9.17) is 0 Å². The van der Waals surface area contributed by atoms with E-state index in [0.29, 0.717) is 6.54 Å². The average Bonchev–Trinajstić information content (AvgIpc) is 2.47. The zero-order valence-electron chi connectivity index (χ0n) is 13.0. The van der Waals surface area contributed by atoms with Crippen molar-refractivity contribution in [2.75, 3.05) is 13.1 Å². The molecule has 2 atom stereocenters. The number of amides is 2. The van der Waals surface area contributed by atoms with Crippen molar-refractivity contribution in [1.82, 2.24) is 10.2 Å². The van der Waals surface area contributed by atoms with Crippen molar-refractivity contribution in [3.63, 3.8) is 0 Å². The van der Waals surface area contributed by atoms with Crippen molar-refractivity contribution in [1.29, 1.82) is 0 Å². The highest BCUT2D eigenvalue weighted by Gasteiger charge is 2.30. The van der Waals surface area contributed by atoms with Crippen molar-refractivity contribution in [3.05, 3.63) is 35.9 Å². The van der Waals surface area contributed by atoms with E-state index in [9.17, 15) is 9.59 Å². The van der Waals surface area contributed by atoms with Gasteiger partial charge in [-0.1, -0.05) is 44.2 Å². The molecule has 0 radical (unpaired) electrons. The van der Waals surface area contributed by atoms with Crippen LogP contribution >= 0.6 is 0 Å². The van der Waals surface area contributed by atoms with Crippen LogP contribution in [0.25, 0.3) is 0 Å². The third-order valence-electron chi connectivity index (χ3n) is 4.04. The monoisotopic (exact) mass is 288 g/mol. The predicted molar refractivity (Wildman–Crippen MR) is 82.8 cm³/mol. The molecule has 1 fully saturated rings. The van der Waals surface area contributed by atoms with Crippen molar-refractivity contribution >= 4 is 11.8 Å². The summed E-state index contributed by atoms with van der Waals surface area (Å²) in [5.74, 6) is 0.367. The van der Waals surface area contributed by atoms with Crippen LogP contribution in [0.2, 0.25) is 0 Å². The quantitative estimate of drug-likeness (QED) is 0.926. The summed E-state index contributed by atoms with van der Waals surface area (Å²) in [4.78, 5) is 25.5. The molecule has 1 N–H and O–H groups in total. The van der Waals surface area contributed by atoms with Crippen LogP contribution in [0.15, 0.2) is 30.3 Å². The lowest BCUT2D eigenvalue weighted by molar-refractivity contribution is -0.132. The van der Waals surface area contributed by atoms with E-state index in [-0.39, 0.29) is 29.7 Å². The largest absolute Gasteiger partial charge is 0.351 e. The van der Waals surface area contributed by atoms with Gasteiger partial charge in [0, 0.05) is 37.9 Å². The Kier molecular flexibility index (Phi) is 4.99. The number of rotatable bonds is 3. The van der Waals surface area contributed by atoms with E-state index >= 15 is 0 Å². The Hall–Kier alpha value is -1.84. The van der Waals surface area contributed by atoms with Crippen LogP contribution in [0, 0.1) is 5.92 Å². The van der Waals surface area contributed by atoms with Gasteiger partial charge in [0.2, 0.25) is 11.8 Å². The lowest BCUT2D eigenvalue weighted by Crippen LogP contribution is -2.52. The molecule has 4 heteroatoms. The highest BCUT2D eigenvalue weighted by atomic mass is 16.2. The molecular formula is C17H24N2O2. The zero-order chi connectivity index (χ0) is 15.4. The average molecular weight is 288 g/mol. The highest BCUT2D eigenvalue weighted by Crippen LogP contribution is 2.27. The standard InChI is InChI=1S/C17H24N2O2/c1-12(2)17(21)18-16-9-15(10-19(11-16)13(3)20)14-7-5-4-6-8-14/h4-8,12,15-16H,9-11H2,1-3H3,(H,18,21). The maximum Gasteiger partial charge on any atom is 0.222 e. The lowest BCUT2D eigenvalue weighted by atomic mass is 9.88. The molecule has 1 heterocycles. The molecule has 2 unspecified atom stereocenters. The molecule has 1 aromatic carbocycles. The fraction of sp³-hybridized carbons (Fsp3) is 0.529. The Morgan fingerprint density at radius 1 is 1.19 bits per heavy atom. The smallest absolute Gasteiger partial charge is 0.222 e. The fourth-order valence-corrected chi connectivity index (χ4v) is 2.80. The second-order valence-electron chi connectivity index (χ2n) is 6.13. The number of hydrogen-bond acceptors (Lipinski definition) is 2. The van der Waals surface area contributed by atoms with Crippen LogP contribution in [0.4, 0.5) is 0 Å². The first-order chi connectivity index (χ1) is 9.97. The normalized spacial score (nSPS) is 22.2. The Morgan fingerprint density at radius 3 is 2.43 bits per heavy atom. The number of carbonyl (C=O) groups excluding carboxylic acids is 2. The molecule has 1 aliphatic heterocycles. The van der Waals surface area contributed by atoms with E-state index in [0.717, 1.165) is 13.0 Å². The van der Waals surface area contributed by atoms with Crippen LogP contribution in [0.5, 0.6) is 0 Å². The summed E-state index contributed by atoms with van der Waals surface area (Å²) in [6.45, 7) is 6.70. The Morgan fingerprint density at radius 2 is 1.86 bits per heavy atom. The van der Waals surface area contributed by atoms with Crippen LogP contribution in [-0.4, -0.2) is 35.8 Å². The summed E-state index contributed by atoms with van der Waals surface area (Å²) in [7, 11) is 0. The van der Waals surface area contributed by atoms with Gasteiger partial charge in [0.1, 0.15) is 0 Å². The van der Waals surface area contributed by atoms with Crippen LogP contribution in [0.3, 0.4) is 0 Å². The van der Waals surface area contributed by atoms with Gasteiger partial charge >= 0.3 is 0 Å². The van der Waals surface area contributed by atoms with Crippen molar-refractivity contribution in [2.45, 2.75) is 39.2 Å². The Balaban J connectivity index is 2.12. The molecule has 1 saturated heterocycles. The maximum atomic E-state index is 11.9. The minimum Gasteiger partial charge on any atom is -0.351 e.